The van der Waals surface area contributed by atoms with Gasteiger partial charge in [-0.2, -0.15) is 0 Å². The van der Waals surface area contributed by atoms with E-state index in [-0.39, 0.29) is 5.91 Å². The SMILES string of the molecule is Cc1ccc(C(=O)Nc2ccc3c(c2)CCN3)s1. The molecule has 3 rings (SSSR count). The van der Waals surface area contributed by atoms with Crippen LogP contribution in [0, 0.1) is 6.92 Å². The molecule has 2 N–H and O–H groups in total. The topological polar surface area (TPSA) is 41.1 Å². The fourth-order valence-corrected chi connectivity index (χ4v) is 2.89. The Morgan fingerprint density at radius 3 is 3.00 bits per heavy atom. The number of anilines is 2. The van der Waals surface area contributed by atoms with Crippen molar-refractivity contribution in [1.82, 2.24) is 0 Å². The van der Waals surface area contributed by atoms with Gasteiger partial charge in [-0.15, -0.1) is 11.3 Å². The van der Waals surface area contributed by atoms with Gasteiger partial charge in [0.05, 0.1) is 4.88 Å². The maximum Gasteiger partial charge on any atom is 0.265 e. The zero-order chi connectivity index (χ0) is 12.5. The molecule has 0 atom stereocenters. The largest absolute Gasteiger partial charge is 0.384 e. The van der Waals surface area contributed by atoms with Crippen molar-refractivity contribution in [1.29, 1.82) is 0 Å². The van der Waals surface area contributed by atoms with Gasteiger partial charge in [0.15, 0.2) is 0 Å². The Balaban J connectivity index is 1.78. The number of hydrogen-bond acceptors (Lipinski definition) is 3. The minimum atomic E-state index is -0.0287. The Morgan fingerprint density at radius 2 is 2.22 bits per heavy atom. The molecule has 1 aromatic carbocycles. The molecule has 2 aromatic rings. The van der Waals surface area contributed by atoms with Gasteiger partial charge in [0.1, 0.15) is 0 Å². The highest BCUT2D eigenvalue weighted by molar-refractivity contribution is 7.14. The van der Waals surface area contributed by atoms with Crippen LogP contribution in [0.1, 0.15) is 20.1 Å². The molecule has 0 fully saturated rings. The number of aryl methyl sites for hydroxylation is 1. The van der Waals surface area contributed by atoms with Crippen molar-refractivity contribution in [2.45, 2.75) is 13.3 Å². The summed E-state index contributed by atoms with van der Waals surface area (Å²) in [6, 6.07) is 9.84. The molecule has 1 aliphatic rings. The Labute approximate surface area is 110 Å². The summed E-state index contributed by atoms with van der Waals surface area (Å²) < 4.78 is 0. The van der Waals surface area contributed by atoms with E-state index in [1.54, 1.807) is 0 Å². The number of thiophene rings is 1. The molecule has 3 nitrogen and oxygen atoms in total. The van der Waals surface area contributed by atoms with Crippen LogP contribution in [0.3, 0.4) is 0 Å². The van der Waals surface area contributed by atoms with Gasteiger partial charge in [-0.25, -0.2) is 0 Å². The van der Waals surface area contributed by atoms with E-state index in [2.05, 4.69) is 10.6 Å². The molecule has 0 aliphatic carbocycles. The second kappa shape index (κ2) is 4.46. The maximum absolute atomic E-state index is 12.0. The van der Waals surface area contributed by atoms with Crippen molar-refractivity contribution < 1.29 is 4.79 Å². The summed E-state index contributed by atoms with van der Waals surface area (Å²) in [4.78, 5) is 13.9. The van der Waals surface area contributed by atoms with E-state index in [1.165, 1.54) is 22.6 Å². The predicted molar refractivity (Wildman–Crippen MR) is 75.6 cm³/mol. The van der Waals surface area contributed by atoms with E-state index >= 15 is 0 Å². The Bertz CT molecular complexity index is 604. The summed E-state index contributed by atoms with van der Waals surface area (Å²) in [6.07, 6.45) is 1.02. The van der Waals surface area contributed by atoms with Crippen molar-refractivity contribution in [2.75, 3.05) is 17.2 Å². The van der Waals surface area contributed by atoms with Gasteiger partial charge in [0, 0.05) is 22.8 Å². The molecule has 1 aliphatic heterocycles. The van der Waals surface area contributed by atoms with E-state index in [9.17, 15) is 4.79 Å². The lowest BCUT2D eigenvalue weighted by atomic mass is 10.1. The van der Waals surface area contributed by atoms with Gasteiger partial charge >= 0.3 is 0 Å². The molecule has 0 unspecified atom stereocenters. The second-order valence-electron chi connectivity index (χ2n) is 4.41. The molecule has 18 heavy (non-hydrogen) atoms. The normalized spacial score (nSPS) is 12.9. The van der Waals surface area contributed by atoms with Gasteiger partial charge in [-0.05, 0) is 49.2 Å². The minimum Gasteiger partial charge on any atom is -0.384 e. The Morgan fingerprint density at radius 1 is 1.33 bits per heavy atom. The number of amides is 1. The predicted octanol–water partition coefficient (Wildman–Crippen LogP) is 3.28. The van der Waals surface area contributed by atoms with Gasteiger partial charge in [0.2, 0.25) is 0 Å². The molecule has 0 saturated carbocycles. The number of carbonyl (C=O) groups excluding carboxylic acids is 1. The Kier molecular flexibility index (Phi) is 2.80. The third kappa shape index (κ3) is 2.11. The summed E-state index contributed by atoms with van der Waals surface area (Å²) in [6.45, 7) is 2.99. The molecule has 0 bridgehead atoms. The quantitative estimate of drug-likeness (QED) is 0.868. The first-order valence-corrected chi connectivity index (χ1v) is 6.78. The third-order valence-corrected chi connectivity index (χ3v) is 4.04. The molecular weight excluding hydrogens is 244 g/mol. The van der Waals surface area contributed by atoms with Crippen LogP contribution < -0.4 is 10.6 Å². The molecule has 2 heterocycles. The van der Waals surface area contributed by atoms with Crippen molar-refractivity contribution >= 4 is 28.6 Å². The monoisotopic (exact) mass is 258 g/mol. The smallest absolute Gasteiger partial charge is 0.265 e. The highest BCUT2D eigenvalue weighted by Crippen LogP contribution is 2.26. The van der Waals surface area contributed by atoms with Crippen molar-refractivity contribution in [3.63, 3.8) is 0 Å². The van der Waals surface area contributed by atoms with Crippen LogP contribution in [0.15, 0.2) is 30.3 Å². The third-order valence-electron chi connectivity index (χ3n) is 3.04. The van der Waals surface area contributed by atoms with Crippen LogP contribution in [0.25, 0.3) is 0 Å². The number of nitrogens with one attached hydrogen (secondary N) is 2. The lowest BCUT2D eigenvalue weighted by molar-refractivity contribution is 0.103. The number of hydrogen-bond donors (Lipinski definition) is 2. The molecule has 0 radical (unpaired) electrons. The van der Waals surface area contributed by atoms with Crippen LogP contribution in [0.5, 0.6) is 0 Å². The first-order chi connectivity index (χ1) is 8.72. The first-order valence-electron chi connectivity index (χ1n) is 5.97. The van der Waals surface area contributed by atoms with Crippen LogP contribution in [-0.2, 0) is 6.42 Å². The fourth-order valence-electron chi connectivity index (χ4n) is 2.13. The summed E-state index contributed by atoms with van der Waals surface area (Å²) in [7, 11) is 0. The number of fused-ring (bicyclic) bond motifs is 1. The number of rotatable bonds is 2. The fraction of sp³-hybridized carbons (Fsp3) is 0.214. The highest BCUT2D eigenvalue weighted by atomic mass is 32.1. The molecular formula is C14H14N2OS. The molecule has 4 heteroatoms. The van der Waals surface area contributed by atoms with Crippen LogP contribution in [0.2, 0.25) is 0 Å². The van der Waals surface area contributed by atoms with E-state index in [0.717, 1.165) is 28.4 Å². The minimum absolute atomic E-state index is 0.0287. The molecule has 92 valence electrons. The van der Waals surface area contributed by atoms with Crippen molar-refractivity contribution in [3.8, 4) is 0 Å². The molecule has 1 amide bonds. The zero-order valence-corrected chi connectivity index (χ0v) is 10.9. The Hall–Kier alpha value is -1.81. The highest BCUT2D eigenvalue weighted by Gasteiger charge is 2.12. The lowest BCUT2D eigenvalue weighted by Gasteiger charge is -2.06. The lowest BCUT2D eigenvalue weighted by Crippen LogP contribution is -2.10. The van der Waals surface area contributed by atoms with Crippen molar-refractivity contribution in [3.05, 3.63) is 45.6 Å². The average molecular weight is 258 g/mol. The molecule has 0 saturated heterocycles. The van der Waals surface area contributed by atoms with E-state index in [1.807, 2.05) is 37.3 Å². The zero-order valence-electron chi connectivity index (χ0n) is 10.1. The standard InChI is InChI=1S/C14H14N2OS/c1-9-2-5-13(18-9)14(17)16-11-3-4-12-10(8-11)6-7-15-12/h2-5,8,15H,6-7H2,1H3,(H,16,17). The first kappa shape index (κ1) is 11.3. The van der Waals surface area contributed by atoms with E-state index < -0.39 is 0 Å². The van der Waals surface area contributed by atoms with Crippen LogP contribution in [-0.4, -0.2) is 12.5 Å². The van der Waals surface area contributed by atoms with Crippen LogP contribution in [0.4, 0.5) is 11.4 Å². The second-order valence-corrected chi connectivity index (χ2v) is 5.70. The van der Waals surface area contributed by atoms with Crippen molar-refractivity contribution in [2.24, 2.45) is 0 Å². The van der Waals surface area contributed by atoms with Gasteiger partial charge < -0.3 is 10.6 Å². The summed E-state index contributed by atoms with van der Waals surface area (Å²) in [5.74, 6) is -0.0287. The number of benzene rings is 1. The molecule has 1 aromatic heterocycles. The summed E-state index contributed by atoms with van der Waals surface area (Å²) >= 11 is 1.52. The maximum atomic E-state index is 12.0. The van der Waals surface area contributed by atoms with Gasteiger partial charge in [0.25, 0.3) is 5.91 Å². The van der Waals surface area contributed by atoms with Gasteiger partial charge in [-0.1, -0.05) is 0 Å². The van der Waals surface area contributed by atoms with Gasteiger partial charge in [-0.3, -0.25) is 4.79 Å². The summed E-state index contributed by atoms with van der Waals surface area (Å²) in [5.41, 5.74) is 3.32. The average Bonchev–Trinajstić information content (AvgIpc) is 2.96. The number of carbonyl (C=O) groups is 1. The van der Waals surface area contributed by atoms with E-state index in [0.29, 0.717) is 0 Å². The van der Waals surface area contributed by atoms with Crippen LogP contribution >= 0.6 is 11.3 Å². The summed E-state index contributed by atoms with van der Waals surface area (Å²) in [5, 5.41) is 6.25. The molecule has 0 spiro atoms. The van der Waals surface area contributed by atoms with E-state index in [4.69, 9.17) is 0 Å².